The molecule has 1 heterocycles. The van der Waals surface area contributed by atoms with Gasteiger partial charge in [-0.2, -0.15) is 0 Å². The molecule has 6 nitrogen and oxygen atoms in total. The minimum atomic E-state index is -0.496. The molecule has 0 aliphatic carbocycles. The van der Waals surface area contributed by atoms with Crippen molar-refractivity contribution in [2.45, 2.75) is 38.7 Å². The number of aromatic hydroxyl groups is 1. The van der Waals surface area contributed by atoms with E-state index in [-0.39, 0.29) is 29.6 Å². The normalized spacial score (nSPS) is 15.8. The van der Waals surface area contributed by atoms with Crippen LogP contribution in [0.2, 0.25) is 0 Å². The molecule has 0 bridgehead atoms. The minimum Gasteiger partial charge on any atom is -0.502 e. The summed E-state index contributed by atoms with van der Waals surface area (Å²) in [5, 5.41) is 13.3. The zero-order chi connectivity index (χ0) is 17.7. The van der Waals surface area contributed by atoms with Crippen molar-refractivity contribution in [3.8, 4) is 17.2 Å². The van der Waals surface area contributed by atoms with Crippen molar-refractivity contribution in [2.24, 2.45) is 5.92 Å². The molecular weight excluding hydrogens is 310 g/mol. The third-order valence-corrected chi connectivity index (χ3v) is 4.59. The molecule has 0 saturated carbocycles. The first-order valence-electron chi connectivity index (χ1n) is 8.23. The number of benzene rings is 1. The molecule has 1 fully saturated rings. The summed E-state index contributed by atoms with van der Waals surface area (Å²) in [5.41, 5.74) is 0.178. The van der Waals surface area contributed by atoms with Crippen LogP contribution in [0.25, 0.3) is 0 Å². The molecule has 0 radical (unpaired) electrons. The number of rotatable bonds is 6. The summed E-state index contributed by atoms with van der Waals surface area (Å²) in [4.78, 5) is 12.4. The molecule has 0 amide bonds. The molecule has 1 aromatic rings. The Labute approximate surface area is 143 Å². The van der Waals surface area contributed by atoms with Crippen molar-refractivity contribution in [2.75, 3.05) is 27.3 Å². The highest BCUT2D eigenvalue weighted by molar-refractivity contribution is 5.74. The number of hydrogen-bond donors (Lipinski definition) is 2. The lowest BCUT2D eigenvalue weighted by molar-refractivity contribution is -0.161. The maximum absolute atomic E-state index is 12.4. The van der Waals surface area contributed by atoms with Gasteiger partial charge in [0.2, 0.25) is 5.75 Å². The molecule has 24 heavy (non-hydrogen) atoms. The molecule has 2 rings (SSSR count). The molecule has 1 saturated heterocycles. The fourth-order valence-electron chi connectivity index (χ4n) is 3.15. The Hall–Kier alpha value is -1.95. The Morgan fingerprint density at radius 1 is 1.21 bits per heavy atom. The number of carbonyl (C=O) groups is 1. The van der Waals surface area contributed by atoms with E-state index in [1.807, 2.05) is 13.8 Å². The Morgan fingerprint density at radius 3 is 2.25 bits per heavy atom. The highest BCUT2D eigenvalue weighted by Crippen LogP contribution is 2.37. The highest BCUT2D eigenvalue weighted by atomic mass is 16.6. The fourth-order valence-corrected chi connectivity index (χ4v) is 3.15. The van der Waals surface area contributed by atoms with E-state index in [9.17, 15) is 9.90 Å². The number of hydrogen-bond acceptors (Lipinski definition) is 6. The molecule has 134 valence electrons. The number of piperidine rings is 1. The van der Waals surface area contributed by atoms with Gasteiger partial charge in [-0.15, -0.1) is 0 Å². The standard InChI is InChI=1S/C18H27NO5/c1-18(2,13-5-7-19-8-6-13)24-16(20)11-12-9-14(22-3)17(21)15(10-12)23-4/h9-10,13,19,21H,5-8,11H2,1-4H3. The summed E-state index contributed by atoms with van der Waals surface area (Å²) in [6.45, 7) is 5.85. The van der Waals surface area contributed by atoms with Crippen LogP contribution in [0.1, 0.15) is 32.3 Å². The average molecular weight is 337 g/mol. The Bertz CT molecular complexity index is 554. The second-order valence-corrected chi connectivity index (χ2v) is 6.63. The summed E-state index contributed by atoms with van der Waals surface area (Å²) < 4.78 is 16.0. The zero-order valence-electron chi connectivity index (χ0n) is 14.8. The number of phenolic OH excluding ortho intramolecular Hbond substituents is 1. The number of carbonyl (C=O) groups excluding carboxylic acids is 1. The van der Waals surface area contributed by atoms with Crippen LogP contribution in [0.5, 0.6) is 17.2 Å². The summed E-state index contributed by atoms with van der Waals surface area (Å²) in [6.07, 6.45) is 2.10. The summed E-state index contributed by atoms with van der Waals surface area (Å²) in [5.74, 6) is 0.525. The van der Waals surface area contributed by atoms with Gasteiger partial charge in [0.1, 0.15) is 5.60 Å². The van der Waals surface area contributed by atoms with Crippen molar-refractivity contribution >= 4 is 5.97 Å². The first-order valence-corrected chi connectivity index (χ1v) is 8.23. The fraction of sp³-hybridized carbons (Fsp3) is 0.611. The topological polar surface area (TPSA) is 77.0 Å². The van der Waals surface area contributed by atoms with Crippen LogP contribution >= 0.6 is 0 Å². The van der Waals surface area contributed by atoms with E-state index in [0.717, 1.165) is 25.9 Å². The van der Waals surface area contributed by atoms with E-state index in [0.29, 0.717) is 11.5 Å². The Balaban J connectivity index is 2.06. The van der Waals surface area contributed by atoms with E-state index in [1.54, 1.807) is 12.1 Å². The van der Waals surface area contributed by atoms with Gasteiger partial charge in [-0.1, -0.05) is 0 Å². The summed E-state index contributed by atoms with van der Waals surface area (Å²) >= 11 is 0. The van der Waals surface area contributed by atoms with Gasteiger partial charge < -0.3 is 24.6 Å². The number of ether oxygens (including phenoxy) is 3. The number of nitrogens with one attached hydrogen (secondary N) is 1. The zero-order valence-corrected chi connectivity index (χ0v) is 14.8. The molecule has 1 aromatic carbocycles. The molecule has 0 spiro atoms. The molecule has 2 N–H and O–H groups in total. The van der Waals surface area contributed by atoms with Crippen LogP contribution in [0.15, 0.2) is 12.1 Å². The second-order valence-electron chi connectivity index (χ2n) is 6.63. The first kappa shape index (κ1) is 18.4. The SMILES string of the molecule is COc1cc(CC(=O)OC(C)(C)C2CCNCC2)cc(OC)c1O. The highest BCUT2D eigenvalue weighted by Gasteiger charge is 2.34. The molecule has 0 atom stereocenters. The van der Waals surface area contributed by atoms with Crippen molar-refractivity contribution < 1.29 is 24.1 Å². The monoisotopic (exact) mass is 337 g/mol. The molecule has 0 aromatic heterocycles. The minimum absolute atomic E-state index is 0.0767. The third kappa shape index (κ3) is 4.32. The van der Waals surface area contributed by atoms with Crippen LogP contribution in [0.4, 0.5) is 0 Å². The predicted octanol–water partition coefficient (Wildman–Crippen LogP) is 2.27. The Kier molecular flexibility index (Phi) is 5.94. The lowest BCUT2D eigenvalue weighted by Crippen LogP contribution is -2.43. The van der Waals surface area contributed by atoms with Crippen molar-refractivity contribution in [3.05, 3.63) is 17.7 Å². The van der Waals surface area contributed by atoms with Crippen molar-refractivity contribution in [3.63, 3.8) is 0 Å². The van der Waals surface area contributed by atoms with Gasteiger partial charge in [0.05, 0.1) is 20.6 Å². The third-order valence-electron chi connectivity index (χ3n) is 4.59. The average Bonchev–Trinajstić information content (AvgIpc) is 2.56. The van der Waals surface area contributed by atoms with Gasteiger partial charge >= 0.3 is 5.97 Å². The number of phenols is 1. The quantitative estimate of drug-likeness (QED) is 0.776. The van der Waals surface area contributed by atoms with Gasteiger partial charge in [0.15, 0.2) is 11.5 Å². The first-order chi connectivity index (χ1) is 11.4. The van der Waals surface area contributed by atoms with E-state index < -0.39 is 5.60 Å². The summed E-state index contributed by atoms with van der Waals surface area (Å²) in [6, 6.07) is 3.24. The van der Waals surface area contributed by atoms with Gasteiger partial charge in [0, 0.05) is 5.92 Å². The molecule has 1 aliphatic rings. The number of methoxy groups -OCH3 is 2. The van der Waals surface area contributed by atoms with E-state index >= 15 is 0 Å². The maximum atomic E-state index is 12.4. The summed E-state index contributed by atoms with van der Waals surface area (Å²) in [7, 11) is 2.91. The van der Waals surface area contributed by atoms with Crippen molar-refractivity contribution in [1.82, 2.24) is 5.32 Å². The van der Waals surface area contributed by atoms with E-state index in [2.05, 4.69) is 5.32 Å². The van der Waals surface area contributed by atoms with Crippen molar-refractivity contribution in [1.29, 1.82) is 0 Å². The lowest BCUT2D eigenvalue weighted by atomic mass is 9.83. The molecule has 0 unspecified atom stereocenters. The molecular formula is C18H27NO5. The van der Waals surface area contributed by atoms with Gasteiger partial charge in [-0.3, -0.25) is 4.79 Å². The molecule has 1 aliphatic heterocycles. The Morgan fingerprint density at radius 2 is 1.75 bits per heavy atom. The predicted molar refractivity (Wildman–Crippen MR) is 90.7 cm³/mol. The van der Waals surface area contributed by atoms with Crippen LogP contribution in [0.3, 0.4) is 0 Å². The number of esters is 1. The van der Waals surface area contributed by atoms with Gasteiger partial charge in [-0.05, 0) is 57.5 Å². The lowest BCUT2D eigenvalue weighted by Gasteiger charge is -2.36. The van der Waals surface area contributed by atoms with Crippen LogP contribution in [-0.2, 0) is 16.0 Å². The van der Waals surface area contributed by atoms with E-state index in [4.69, 9.17) is 14.2 Å². The second kappa shape index (κ2) is 7.75. The van der Waals surface area contributed by atoms with Crippen LogP contribution in [-0.4, -0.2) is 44.0 Å². The largest absolute Gasteiger partial charge is 0.502 e. The van der Waals surface area contributed by atoms with Gasteiger partial charge in [0.25, 0.3) is 0 Å². The van der Waals surface area contributed by atoms with Crippen LogP contribution in [0, 0.1) is 5.92 Å². The molecule has 6 heteroatoms. The smallest absolute Gasteiger partial charge is 0.310 e. The van der Waals surface area contributed by atoms with E-state index in [1.165, 1.54) is 14.2 Å². The van der Waals surface area contributed by atoms with Gasteiger partial charge in [-0.25, -0.2) is 0 Å². The maximum Gasteiger partial charge on any atom is 0.310 e. The van der Waals surface area contributed by atoms with Crippen LogP contribution < -0.4 is 14.8 Å².